The minimum atomic E-state index is -2.51. The molecule has 0 heterocycles. The van der Waals surface area contributed by atoms with E-state index in [4.69, 9.17) is 5.73 Å². The van der Waals surface area contributed by atoms with E-state index in [1.807, 2.05) is 0 Å². The van der Waals surface area contributed by atoms with E-state index >= 15 is 0 Å². The highest BCUT2D eigenvalue weighted by molar-refractivity contribution is 7.80. The van der Waals surface area contributed by atoms with Crippen molar-refractivity contribution in [1.82, 2.24) is 5.32 Å². The van der Waals surface area contributed by atoms with Crippen molar-refractivity contribution in [3.05, 3.63) is 0 Å². The summed E-state index contributed by atoms with van der Waals surface area (Å²) in [6.07, 6.45) is -2.50. The Morgan fingerprint density at radius 3 is 2.67 bits per heavy atom. The summed E-state index contributed by atoms with van der Waals surface area (Å²) in [6.45, 7) is 0.943. The van der Waals surface area contributed by atoms with Crippen LogP contribution in [0.2, 0.25) is 0 Å². The Hall–Kier alpha value is -0.820. The van der Waals surface area contributed by atoms with Crippen molar-refractivity contribution in [2.45, 2.75) is 25.8 Å². The molecule has 1 amide bonds. The Bertz CT molecular complexity index is 227. The van der Waals surface area contributed by atoms with Crippen LogP contribution in [0.25, 0.3) is 0 Å². The molecule has 0 rings (SSSR count). The number of nitrogens with two attached hydrogens (primary N) is 1. The topological polar surface area (TPSA) is 64.3 Å². The van der Waals surface area contributed by atoms with E-state index < -0.39 is 19.1 Å². The molecule has 0 saturated heterocycles. The number of rotatable bonds is 7. The molecule has 0 aromatic rings. The molecular formula is C8H14F2N2O2S. The second-order valence-corrected chi connectivity index (χ2v) is 3.38. The Morgan fingerprint density at radius 1 is 1.60 bits per heavy atom. The molecule has 0 aliphatic rings. The van der Waals surface area contributed by atoms with Gasteiger partial charge in [-0.3, -0.25) is 4.79 Å². The number of thiocarbonyl (C=S) groups is 1. The summed E-state index contributed by atoms with van der Waals surface area (Å²) >= 11 is 4.64. The fourth-order valence-corrected chi connectivity index (χ4v) is 0.781. The molecule has 15 heavy (non-hydrogen) atoms. The highest BCUT2D eigenvalue weighted by Crippen LogP contribution is 1.94. The number of halogens is 2. The number of ether oxygens (including phenoxy) is 1. The zero-order chi connectivity index (χ0) is 11.8. The number of alkyl halides is 2. The lowest BCUT2D eigenvalue weighted by Crippen LogP contribution is -2.41. The first-order chi connectivity index (χ1) is 6.93. The van der Waals surface area contributed by atoms with Crippen LogP contribution >= 0.6 is 12.2 Å². The molecular weight excluding hydrogens is 226 g/mol. The number of amides is 1. The van der Waals surface area contributed by atoms with Crippen LogP contribution in [0.1, 0.15) is 13.3 Å². The van der Waals surface area contributed by atoms with Gasteiger partial charge in [0.25, 0.3) is 6.43 Å². The monoisotopic (exact) mass is 240 g/mol. The van der Waals surface area contributed by atoms with Crippen LogP contribution in [-0.2, 0) is 9.53 Å². The summed E-state index contributed by atoms with van der Waals surface area (Å²) in [5, 5.41) is 2.49. The fourth-order valence-electron chi connectivity index (χ4n) is 0.722. The van der Waals surface area contributed by atoms with Crippen LogP contribution < -0.4 is 11.1 Å². The lowest BCUT2D eigenvalue weighted by molar-refractivity contribution is -0.122. The van der Waals surface area contributed by atoms with Gasteiger partial charge in [0.2, 0.25) is 5.91 Å². The number of hydrogen-bond donors (Lipinski definition) is 2. The van der Waals surface area contributed by atoms with E-state index in [-0.39, 0.29) is 23.9 Å². The second-order valence-electron chi connectivity index (χ2n) is 2.91. The van der Waals surface area contributed by atoms with Crippen molar-refractivity contribution in [3.8, 4) is 0 Å². The van der Waals surface area contributed by atoms with Gasteiger partial charge in [0.15, 0.2) is 0 Å². The molecule has 0 aliphatic heterocycles. The summed E-state index contributed by atoms with van der Waals surface area (Å²) in [5.74, 6) is -0.329. The van der Waals surface area contributed by atoms with Crippen LogP contribution in [0, 0.1) is 0 Å². The van der Waals surface area contributed by atoms with E-state index in [2.05, 4.69) is 22.3 Å². The van der Waals surface area contributed by atoms with Crippen molar-refractivity contribution in [3.63, 3.8) is 0 Å². The number of nitrogens with one attached hydrogen (secondary N) is 1. The zero-order valence-corrected chi connectivity index (χ0v) is 9.15. The van der Waals surface area contributed by atoms with Gasteiger partial charge in [-0.25, -0.2) is 8.78 Å². The molecule has 0 aliphatic carbocycles. The lowest BCUT2D eigenvalue weighted by atomic mass is 10.3. The Balaban J connectivity index is 3.54. The third-order valence-electron chi connectivity index (χ3n) is 1.52. The summed E-state index contributed by atoms with van der Waals surface area (Å²) in [7, 11) is 0. The van der Waals surface area contributed by atoms with Crippen molar-refractivity contribution in [1.29, 1.82) is 0 Å². The first-order valence-electron chi connectivity index (χ1n) is 4.38. The van der Waals surface area contributed by atoms with Crippen LogP contribution in [0.15, 0.2) is 0 Å². The minimum Gasteiger partial charge on any atom is -0.392 e. The van der Waals surface area contributed by atoms with Gasteiger partial charge < -0.3 is 15.8 Å². The van der Waals surface area contributed by atoms with Crippen LogP contribution in [0.4, 0.5) is 8.78 Å². The number of hydrogen-bond acceptors (Lipinski definition) is 3. The van der Waals surface area contributed by atoms with E-state index in [0.717, 1.165) is 0 Å². The minimum absolute atomic E-state index is 0.0136. The first kappa shape index (κ1) is 14.2. The standard InChI is InChI=1S/C8H14F2N2O2S/c1-5(8(11)15)12-7(13)2-3-14-4-6(9)10/h5-6H,2-4H2,1H3,(H2,11,15)(H,12,13). The molecule has 0 fully saturated rings. The van der Waals surface area contributed by atoms with Gasteiger partial charge >= 0.3 is 0 Å². The predicted octanol–water partition coefficient (Wildman–Crippen LogP) is 0.449. The molecule has 0 radical (unpaired) electrons. The zero-order valence-electron chi connectivity index (χ0n) is 8.33. The SMILES string of the molecule is CC(NC(=O)CCOCC(F)F)C(N)=S. The number of carbonyl (C=O) groups excluding carboxylic acids is 1. The van der Waals surface area contributed by atoms with Crippen LogP contribution in [0.5, 0.6) is 0 Å². The van der Waals surface area contributed by atoms with E-state index in [1.165, 1.54) is 0 Å². The van der Waals surface area contributed by atoms with Gasteiger partial charge in [0, 0.05) is 6.42 Å². The molecule has 0 spiro atoms. The largest absolute Gasteiger partial charge is 0.392 e. The lowest BCUT2D eigenvalue weighted by Gasteiger charge is -2.11. The van der Waals surface area contributed by atoms with Crippen LogP contribution in [-0.4, -0.2) is 36.6 Å². The second kappa shape index (κ2) is 7.47. The smallest absolute Gasteiger partial charge is 0.261 e. The number of carbonyl (C=O) groups is 1. The van der Waals surface area contributed by atoms with Crippen molar-refractivity contribution in [2.24, 2.45) is 5.73 Å². The molecule has 0 saturated carbocycles. The normalized spacial score (nSPS) is 12.5. The molecule has 1 atom stereocenters. The molecule has 88 valence electrons. The first-order valence-corrected chi connectivity index (χ1v) is 4.79. The van der Waals surface area contributed by atoms with Gasteiger partial charge in [-0.1, -0.05) is 12.2 Å². The van der Waals surface area contributed by atoms with Gasteiger partial charge in [0.1, 0.15) is 6.61 Å². The fraction of sp³-hybridized carbons (Fsp3) is 0.750. The van der Waals surface area contributed by atoms with E-state index in [9.17, 15) is 13.6 Å². The summed E-state index contributed by atoms with van der Waals surface area (Å²) < 4.78 is 27.8. The quantitative estimate of drug-likeness (QED) is 0.501. The van der Waals surface area contributed by atoms with E-state index in [1.54, 1.807) is 6.92 Å². The molecule has 0 aromatic heterocycles. The third kappa shape index (κ3) is 8.19. The van der Waals surface area contributed by atoms with Gasteiger partial charge in [0.05, 0.1) is 17.6 Å². The Kier molecular flexibility index (Phi) is 7.06. The Morgan fingerprint density at radius 2 is 2.20 bits per heavy atom. The van der Waals surface area contributed by atoms with Gasteiger partial charge in [-0.2, -0.15) is 0 Å². The molecule has 4 nitrogen and oxygen atoms in total. The molecule has 1 unspecified atom stereocenters. The molecule has 7 heteroatoms. The van der Waals surface area contributed by atoms with E-state index in [0.29, 0.717) is 0 Å². The molecule has 0 bridgehead atoms. The highest BCUT2D eigenvalue weighted by Gasteiger charge is 2.09. The summed E-state index contributed by atoms with van der Waals surface area (Å²) in [6, 6.07) is -0.400. The maximum Gasteiger partial charge on any atom is 0.261 e. The maximum absolute atomic E-state index is 11.6. The van der Waals surface area contributed by atoms with Crippen LogP contribution in [0.3, 0.4) is 0 Å². The average molecular weight is 240 g/mol. The highest BCUT2D eigenvalue weighted by atomic mass is 32.1. The average Bonchev–Trinajstić information content (AvgIpc) is 2.12. The molecule has 3 N–H and O–H groups in total. The Labute approximate surface area is 92.1 Å². The van der Waals surface area contributed by atoms with Crippen molar-refractivity contribution >= 4 is 23.1 Å². The van der Waals surface area contributed by atoms with Crippen molar-refractivity contribution < 1.29 is 18.3 Å². The molecule has 0 aromatic carbocycles. The maximum atomic E-state index is 11.6. The predicted molar refractivity (Wildman–Crippen MR) is 55.8 cm³/mol. The van der Waals surface area contributed by atoms with Crippen molar-refractivity contribution in [2.75, 3.05) is 13.2 Å². The summed E-state index contributed by atoms with van der Waals surface area (Å²) in [4.78, 5) is 11.3. The van der Waals surface area contributed by atoms with Gasteiger partial charge in [-0.05, 0) is 6.92 Å². The summed E-state index contributed by atoms with van der Waals surface area (Å²) in [5.41, 5.74) is 5.27. The third-order valence-corrected chi connectivity index (χ3v) is 1.88. The van der Waals surface area contributed by atoms with Gasteiger partial charge in [-0.15, -0.1) is 0 Å².